The van der Waals surface area contributed by atoms with E-state index in [2.05, 4.69) is 9.47 Å². The Morgan fingerprint density at radius 2 is 2.21 bits per heavy atom. The van der Waals surface area contributed by atoms with E-state index in [1.807, 2.05) is 0 Å². The minimum Gasteiger partial charge on any atom is -0.459 e. The fourth-order valence-corrected chi connectivity index (χ4v) is 1.04. The van der Waals surface area contributed by atoms with Gasteiger partial charge in [-0.25, -0.2) is 4.79 Å². The number of esters is 2. The van der Waals surface area contributed by atoms with Crippen LogP contribution in [0, 0.1) is 0 Å². The summed E-state index contributed by atoms with van der Waals surface area (Å²) in [5, 5.41) is 0. The third-order valence-electron chi connectivity index (χ3n) is 1.83. The highest BCUT2D eigenvalue weighted by Gasteiger charge is 2.41. The van der Waals surface area contributed by atoms with Gasteiger partial charge in [-0.2, -0.15) is 8.78 Å². The quantitative estimate of drug-likeness (QED) is 0.632. The molecule has 1 aliphatic heterocycles. The Morgan fingerprint density at radius 1 is 1.64 bits per heavy atom. The highest BCUT2D eigenvalue weighted by molar-refractivity contribution is 5.78. The van der Waals surface area contributed by atoms with Gasteiger partial charge in [-0.1, -0.05) is 0 Å². The van der Waals surface area contributed by atoms with E-state index in [4.69, 9.17) is 0 Å². The Kier molecular flexibility index (Phi) is 2.73. The fourth-order valence-electron chi connectivity index (χ4n) is 1.04. The number of hydrogen-bond donors (Lipinski definition) is 0. The molecule has 2 unspecified atom stereocenters. The molecule has 0 saturated carbocycles. The average Bonchev–Trinajstić information content (AvgIpc) is 2.28. The molecule has 2 atom stereocenters. The van der Waals surface area contributed by atoms with Crippen molar-refractivity contribution in [1.29, 1.82) is 0 Å². The molecule has 0 spiro atoms. The summed E-state index contributed by atoms with van der Waals surface area (Å²) in [6.45, 7) is 1.92. The fraction of sp³-hybridized carbons (Fsp3) is 0.750. The van der Waals surface area contributed by atoms with Crippen LogP contribution in [0.2, 0.25) is 0 Å². The maximum atomic E-state index is 12.4. The molecular weight excluding hydrogens is 198 g/mol. The molecule has 80 valence electrons. The summed E-state index contributed by atoms with van der Waals surface area (Å²) in [7, 11) is 0. The molecule has 0 amide bonds. The first kappa shape index (κ1) is 10.9. The van der Waals surface area contributed by atoms with Gasteiger partial charge in [0.2, 0.25) is 0 Å². The van der Waals surface area contributed by atoms with Gasteiger partial charge >= 0.3 is 17.9 Å². The molecule has 1 rings (SSSR count). The van der Waals surface area contributed by atoms with E-state index < -0.39 is 30.1 Å². The number of ether oxygens (including phenoxy) is 2. The standard InChI is InChI=1S/C8H10F2O4/c1-4-5(3-6(11)13-4)14-7(12)8(2,9)10/h4-5H,3H2,1-2H3. The van der Waals surface area contributed by atoms with E-state index in [-0.39, 0.29) is 6.42 Å². The normalized spacial score (nSPS) is 27.3. The first-order valence-electron chi connectivity index (χ1n) is 4.09. The first-order valence-corrected chi connectivity index (χ1v) is 4.09. The van der Waals surface area contributed by atoms with Gasteiger partial charge in [-0.15, -0.1) is 0 Å². The molecule has 0 aromatic heterocycles. The van der Waals surface area contributed by atoms with Crippen LogP contribution in [-0.4, -0.2) is 30.1 Å². The molecule has 0 aromatic rings. The minimum absolute atomic E-state index is 0.164. The van der Waals surface area contributed by atoms with Gasteiger partial charge in [0.15, 0.2) is 0 Å². The van der Waals surface area contributed by atoms with E-state index in [9.17, 15) is 18.4 Å². The van der Waals surface area contributed by atoms with Crippen molar-refractivity contribution in [3.63, 3.8) is 0 Å². The second-order valence-corrected chi connectivity index (χ2v) is 3.23. The third kappa shape index (κ3) is 2.40. The molecule has 0 aromatic carbocycles. The summed E-state index contributed by atoms with van der Waals surface area (Å²) in [4.78, 5) is 21.4. The first-order chi connectivity index (χ1) is 6.30. The third-order valence-corrected chi connectivity index (χ3v) is 1.83. The molecule has 1 saturated heterocycles. The zero-order valence-electron chi connectivity index (χ0n) is 7.75. The predicted molar refractivity (Wildman–Crippen MR) is 40.7 cm³/mol. The van der Waals surface area contributed by atoms with Crippen LogP contribution in [0.4, 0.5) is 8.78 Å². The molecule has 1 fully saturated rings. The van der Waals surface area contributed by atoms with Crippen LogP contribution in [0.1, 0.15) is 20.3 Å². The van der Waals surface area contributed by atoms with Gasteiger partial charge in [0, 0.05) is 6.92 Å². The lowest BCUT2D eigenvalue weighted by Crippen LogP contribution is -2.33. The number of alkyl halides is 2. The Morgan fingerprint density at radius 3 is 2.57 bits per heavy atom. The molecular formula is C8H10F2O4. The summed E-state index contributed by atoms with van der Waals surface area (Å²) >= 11 is 0. The molecule has 0 radical (unpaired) electrons. The number of carbonyl (C=O) groups is 2. The van der Waals surface area contributed by atoms with Gasteiger partial charge in [0.1, 0.15) is 12.2 Å². The molecule has 0 aliphatic carbocycles. The lowest BCUT2D eigenvalue weighted by atomic mass is 10.2. The summed E-state index contributed by atoms with van der Waals surface area (Å²) < 4.78 is 33.8. The smallest absolute Gasteiger partial charge is 0.377 e. The van der Waals surface area contributed by atoms with E-state index >= 15 is 0 Å². The second-order valence-electron chi connectivity index (χ2n) is 3.23. The van der Waals surface area contributed by atoms with Crippen molar-refractivity contribution < 1.29 is 27.8 Å². The predicted octanol–water partition coefficient (Wildman–Crippen LogP) is 0.889. The van der Waals surface area contributed by atoms with Crippen molar-refractivity contribution in [2.24, 2.45) is 0 Å². The largest absolute Gasteiger partial charge is 0.459 e. The number of cyclic esters (lactones) is 1. The Hall–Kier alpha value is -1.20. The molecule has 0 N–H and O–H groups in total. The van der Waals surface area contributed by atoms with E-state index in [0.29, 0.717) is 6.92 Å². The van der Waals surface area contributed by atoms with Crippen LogP contribution in [0.15, 0.2) is 0 Å². The monoisotopic (exact) mass is 208 g/mol. The van der Waals surface area contributed by atoms with Crippen molar-refractivity contribution in [1.82, 2.24) is 0 Å². The van der Waals surface area contributed by atoms with Gasteiger partial charge in [-0.3, -0.25) is 4.79 Å². The Balaban J connectivity index is 2.53. The minimum atomic E-state index is -3.54. The number of halogens is 2. The van der Waals surface area contributed by atoms with Crippen molar-refractivity contribution >= 4 is 11.9 Å². The summed E-state index contributed by atoms with van der Waals surface area (Å²) in [6.07, 6.45) is -1.72. The van der Waals surface area contributed by atoms with Crippen molar-refractivity contribution in [2.75, 3.05) is 0 Å². The van der Waals surface area contributed by atoms with Crippen LogP contribution in [0.25, 0.3) is 0 Å². The SMILES string of the molecule is CC1OC(=O)CC1OC(=O)C(C)(F)F. The van der Waals surface area contributed by atoms with Gasteiger partial charge in [0.05, 0.1) is 6.42 Å². The average molecular weight is 208 g/mol. The van der Waals surface area contributed by atoms with Crippen LogP contribution >= 0.6 is 0 Å². The highest BCUT2D eigenvalue weighted by atomic mass is 19.3. The lowest BCUT2D eigenvalue weighted by molar-refractivity contribution is -0.177. The molecule has 6 heteroatoms. The molecule has 1 aliphatic rings. The van der Waals surface area contributed by atoms with Crippen LogP contribution < -0.4 is 0 Å². The highest BCUT2D eigenvalue weighted by Crippen LogP contribution is 2.22. The van der Waals surface area contributed by atoms with E-state index in [1.54, 1.807) is 0 Å². The van der Waals surface area contributed by atoms with Gasteiger partial charge < -0.3 is 9.47 Å². The molecule has 1 heterocycles. The van der Waals surface area contributed by atoms with Crippen LogP contribution in [0.3, 0.4) is 0 Å². The van der Waals surface area contributed by atoms with Crippen molar-refractivity contribution in [2.45, 2.75) is 38.4 Å². The van der Waals surface area contributed by atoms with E-state index in [0.717, 1.165) is 0 Å². The van der Waals surface area contributed by atoms with Crippen LogP contribution in [-0.2, 0) is 19.1 Å². The van der Waals surface area contributed by atoms with Crippen molar-refractivity contribution in [3.8, 4) is 0 Å². The molecule has 14 heavy (non-hydrogen) atoms. The summed E-state index contributed by atoms with van der Waals surface area (Å²) in [5.74, 6) is -5.71. The number of rotatable bonds is 2. The summed E-state index contributed by atoms with van der Waals surface area (Å²) in [5.41, 5.74) is 0. The second kappa shape index (κ2) is 3.51. The van der Waals surface area contributed by atoms with Gasteiger partial charge in [-0.05, 0) is 6.92 Å². The maximum Gasteiger partial charge on any atom is 0.377 e. The number of hydrogen-bond acceptors (Lipinski definition) is 4. The molecule has 0 bridgehead atoms. The van der Waals surface area contributed by atoms with E-state index in [1.165, 1.54) is 6.92 Å². The van der Waals surface area contributed by atoms with Gasteiger partial charge in [0.25, 0.3) is 0 Å². The molecule has 4 nitrogen and oxygen atoms in total. The Bertz CT molecular complexity index is 259. The van der Waals surface area contributed by atoms with Crippen LogP contribution in [0.5, 0.6) is 0 Å². The summed E-state index contributed by atoms with van der Waals surface area (Å²) in [6, 6.07) is 0. The zero-order valence-corrected chi connectivity index (χ0v) is 7.75. The van der Waals surface area contributed by atoms with Crippen molar-refractivity contribution in [3.05, 3.63) is 0 Å². The Labute approximate surface area is 79.2 Å². The lowest BCUT2D eigenvalue weighted by Gasteiger charge is -2.16. The maximum absolute atomic E-state index is 12.4. The zero-order chi connectivity index (χ0) is 10.9. The number of carbonyl (C=O) groups excluding carboxylic acids is 2. The topological polar surface area (TPSA) is 52.6 Å².